The molecule has 24 heavy (non-hydrogen) atoms. The van der Waals surface area contributed by atoms with Gasteiger partial charge in [0.05, 0.1) is 11.1 Å². The maximum Gasteiger partial charge on any atom is 0.320 e. The Kier molecular flexibility index (Phi) is 4.04. The summed E-state index contributed by atoms with van der Waals surface area (Å²) in [4.78, 5) is 38.0. The summed E-state index contributed by atoms with van der Waals surface area (Å²) in [5.74, 6) is -0.807. The average Bonchev–Trinajstić information content (AvgIpc) is 2.81. The van der Waals surface area contributed by atoms with Crippen molar-refractivity contribution in [2.75, 3.05) is 5.32 Å². The van der Waals surface area contributed by atoms with Gasteiger partial charge in [-0.15, -0.1) is 0 Å². The fourth-order valence-electron chi connectivity index (χ4n) is 2.69. The van der Waals surface area contributed by atoms with Gasteiger partial charge in [-0.1, -0.05) is 30.3 Å². The molecular formula is C18H17N3O3. The second-order valence-electron chi connectivity index (χ2n) is 5.62. The smallest absolute Gasteiger partial charge is 0.317 e. The number of hydrogen-bond acceptors (Lipinski definition) is 3. The lowest BCUT2D eigenvalue weighted by molar-refractivity contribution is 0.0581. The first-order valence-electron chi connectivity index (χ1n) is 7.59. The zero-order valence-corrected chi connectivity index (χ0v) is 13.4. The first kappa shape index (κ1) is 15.7. The average molecular weight is 323 g/mol. The number of amides is 4. The molecule has 1 heterocycles. The summed E-state index contributed by atoms with van der Waals surface area (Å²) in [5, 5.41) is 5.34. The number of rotatable bonds is 3. The Morgan fingerprint density at radius 1 is 0.958 bits per heavy atom. The second kappa shape index (κ2) is 6.16. The van der Waals surface area contributed by atoms with Crippen LogP contribution in [0.25, 0.3) is 0 Å². The molecule has 0 saturated carbocycles. The standard InChI is InChI=1S/C18H17N3O3/c1-11-7-3-6-10-15(11)20-18(24)19-12(2)21-16(22)13-8-4-5-9-14(13)17(21)23/h3-10,12H,1-2H3,(H2,19,20,24). The van der Waals surface area contributed by atoms with Crippen molar-refractivity contribution in [2.45, 2.75) is 20.0 Å². The fourth-order valence-corrected chi connectivity index (χ4v) is 2.69. The quantitative estimate of drug-likeness (QED) is 0.853. The van der Waals surface area contributed by atoms with Crippen LogP contribution in [0.15, 0.2) is 48.5 Å². The number of hydrogen-bond donors (Lipinski definition) is 2. The van der Waals surface area contributed by atoms with Gasteiger partial charge in [0, 0.05) is 5.69 Å². The molecular weight excluding hydrogens is 306 g/mol. The highest BCUT2D eigenvalue weighted by molar-refractivity contribution is 6.21. The lowest BCUT2D eigenvalue weighted by atomic mass is 10.1. The zero-order valence-electron chi connectivity index (χ0n) is 13.4. The van der Waals surface area contributed by atoms with Crippen LogP contribution in [0.5, 0.6) is 0 Å². The fraction of sp³-hybridized carbons (Fsp3) is 0.167. The van der Waals surface area contributed by atoms with Crippen LogP contribution in [-0.4, -0.2) is 28.9 Å². The molecule has 0 bridgehead atoms. The maximum absolute atomic E-state index is 12.4. The van der Waals surface area contributed by atoms with Gasteiger partial charge in [-0.05, 0) is 37.6 Å². The maximum atomic E-state index is 12.4. The molecule has 2 aromatic rings. The van der Waals surface area contributed by atoms with E-state index in [1.165, 1.54) is 0 Å². The molecule has 0 aliphatic carbocycles. The molecule has 3 rings (SSSR count). The number of nitrogens with zero attached hydrogens (tertiary/aromatic N) is 1. The Labute approximate surface area is 139 Å². The summed E-state index contributed by atoms with van der Waals surface area (Å²) >= 11 is 0. The SMILES string of the molecule is Cc1ccccc1NC(=O)NC(C)N1C(=O)c2ccccc2C1=O. The Morgan fingerprint density at radius 3 is 2.08 bits per heavy atom. The number of fused-ring (bicyclic) bond motifs is 1. The number of carbonyl (C=O) groups excluding carboxylic acids is 3. The van der Waals surface area contributed by atoms with Crippen molar-refractivity contribution in [1.29, 1.82) is 0 Å². The summed E-state index contributed by atoms with van der Waals surface area (Å²) in [6.07, 6.45) is -0.763. The number of aryl methyl sites for hydroxylation is 1. The molecule has 0 saturated heterocycles. The Bertz CT molecular complexity index is 797. The van der Waals surface area contributed by atoms with E-state index in [0.29, 0.717) is 16.8 Å². The van der Waals surface area contributed by atoms with Crippen LogP contribution < -0.4 is 10.6 Å². The second-order valence-corrected chi connectivity index (χ2v) is 5.62. The van der Waals surface area contributed by atoms with Crippen LogP contribution in [0.1, 0.15) is 33.2 Å². The highest BCUT2D eigenvalue weighted by Crippen LogP contribution is 2.23. The van der Waals surface area contributed by atoms with Gasteiger partial charge in [-0.25, -0.2) is 4.79 Å². The lowest BCUT2D eigenvalue weighted by Crippen LogP contribution is -2.50. The van der Waals surface area contributed by atoms with Gasteiger partial charge in [0.15, 0.2) is 0 Å². The van der Waals surface area contributed by atoms with Crippen LogP contribution in [-0.2, 0) is 0 Å². The summed E-state index contributed by atoms with van der Waals surface area (Å²) in [6.45, 7) is 3.47. The monoisotopic (exact) mass is 323 g/mol. The third-order valence-electron chi connectivity index (χ3n) is 3.95. The van der Waals surface area contributed by atoms with E-state index in [1.54, 1.807) is 37.3 Å². The van der Waals surface area contributed by atoms with Crippen molar-refractivity contribution < 1.29 is 14.4 Å². The minimum atomic E-state index is -0.763. The first-order chi connectivity index (χ1) is 11.5. The van der Waals surface area contributed by atoms with Crippen LogP contribution >= 0.6 is 0 Å². The van der Waals surface area contributed by atoms with Crippen molar-refractivity contribution >= 4 is 23.5 Å². The van der Waals surface area contributed by atoms with Crippen molar-refractivity contribution in [3.05, 3.63) is 65.2 Å². The van der Waals surface area contributed by atoms with Gasteiger partial charge < -0.3 is 10.6 Å². The summed E-state index contributed by atoms with van der Waals surface area (Å²) < 4.78 is 0. The minimum Gasteiger partial charge on any atom is -0.317 e. The van der Waals surface area contributed by atoms with Crippen molar-refractivity contribution in [3.63, 3.8) is 0 Å². The number of carbonyl (C=O) groups is 3. The number of urea groups is 1. The van der Waals surface area contributed by atoms with Crippen LogP contribution in [0.4, 0.5) is 10.5 Å². The van der Waals surface area contributed by atoms with E-state index >= 15 is 0 Å². The summed E-state index contributed by atoms with van der Waals surface area (Å²) in [5.41, 5.74) is 2.30. The topological polar surface area (TPSA) is 78.5 Å². The van der Waals surface area contributed by atoms with Gasteiger partial charge in [-0.3, -0.25) is 14.5 Å². The van der Waals surface area contributed by atoms with Crippen LogP contribution in [0.3, 0.4) is 0 Å². The van der Waals surface area contributed by atoms with Gasteiger partial charge >= 0.3 is 6.03 Å². The third-order valence-corrected chi connectivity index (χ3v) is 3.95. The predicted molar refractivity (Wildman–Crippen MR) is 89.7 cm³/mol. The molecule has 1 atom stereocenters. The van der Waals surface area contributed by atoms with Gasteiger partial charge in [0.1, 0.15) is 6.17 Å². The largest absolute Gasteiger partial charge is 0.320 e. The lowest BCUT2D eigenvalue weighted by Gasteiger charge is -2.23. The van der Waals surface area contributed by atoms with Crippen LogP contribution in [0, 0.1) is 6.92 Å². The number of imide groups is 1. The van der Waals surface area contributed by atoms with Gasteiger partial charge in [-0.2, -0.15) is 0 Å². The van der Waals surface area contributed by atoms with Crippen molar-refractivity contribution in [1.82, 2.24) is 10.2 Å². The molecule has 2 aromatic carbocycles. The highest BCUT2D eigenvalue weighted by atomic mass is 16.2. The molecule has 1 aliphatic heterocycles. The predicted octanol–water partition coefficient (Wildman–Crippen LogP) is 2.76. The molecule has 1 aliphatic rings. The molecule has 2 N–H and O–H groups in total. The number of benzene rings is 2. The molecule has 4 amide bonds. The Hall–Kier alpha value is -3.15. The molecule has 122 valence electrons. The minimum absolute atomic E-state index is 0.357. The van der Waals surface area contributed by atoms with Crippen LogP contribution in [0.2, 0.25) is 0 Å². The number of anilines is 1. The molecule has 0 fully saturated rings. The first-order valence-corrected chi connectivity index (χ1v) is 7.59. The van der Waals surface area contributed by atoms with E-state index in [0.717, 1.165) is 10.5 Å². The van der Waals surface area contributed by atoms with E-state index < -0.39 is 24.0 Å². The number of para-hydroxylation sites is 1. The summed E-state index contributed by atoms with van der Waals surface area (Å²) in [7, 11) is 0. The van der Waals surface area contributed by atoms with Gasteiger partial charge in [0.25, 0.3) is 11.8 Å². The Morgan fingerprint density at radius 2 is 1.50 bits per heavy atom. The highest BCUT2D eigenvalue weighted by Gasteiger charge is 2.38. The van der Waals surface area contributed by atoms with Gasteiger partial charge in [0.2, 0.25) is 0 Å². The molecule has 1 unspecified atom stereocenters. The molecule has 0 aromatic heterocycles. The van der Waals surface area contributed by atoms with E-state index in [2.05, 4.69) is 10.6 Å². The number of nitrogens with one attached hydrogen (secondary N) is 2. The van der Waals surface area contributed by atoms with Crippen molar-refractivity contribution in [3.8, 4) is 0 Å². The van der Waals surface area contributed by atoms with E-state index in [-0.39, 0.29) is 0 Å². The summed E-state index contributed by atoms with van der Waals surface area (Å²) in [6, 6.07) is 13.5. The Balaban J connectivity index is 1.71. The normalized spacial score (nSPS) is 14.3. The van der Waals surface area contributed by atoms with Crippen molar-refractivity contribution in [2.24, 2.45) is 0 Å². The molecule has 0 spiro atoms. The molecule has 0 radical (unpaired) electrons. The third kappa shape index (κ3) is 2.74. The zero-order chi connectivity index (χ0) is 17.3. The van der Waals surface area contributed by atoms with E-state index in [1.807, 2.05) is 25.1 Å². The molecule has 6 heteroatoms. The van der Waals surface area contributed by atoms with E-state index in [9.17, 15) is 14.4 Å². The molecule has 6 nitrogen and oxygen atoms in total. The van der Waals surface area contributed by atoms with E-state index in [4.69, 9.17) is 0 Å².